The summed E-state index contributed by atoms with van der Waals surface area (Å²) >= 11 is 1.31. The highest BCUT2D eigenvalue weighted by Gasteiger charge is 2.09. The number of hydrogen-bond acceptors (Lipinski definition) is 6. The molecule has 0 spiro atoms. The minimum atomic E-state index is 0.521. The summed E-state index contributed by atoms with van der Waals surface area (Å²) in [6.45, 7) is 0. The van der Waals surface area contributed by atoms with Crippen molar-refractivity contribution in [3.8, 4) is 28.1 Å². The molecule has 2 aromatic carbocycles. The Bertz CT molecular complexity index is 1110. The van der Waals surface area contributed by atoms with Gasteiger partial charge in [0.1, 0.15) is 5.82 Å². The number of rotatable bonds is 5. The third kappa shape index (κ3) is 3.65. The minimum Gasteiger partial charge on any atom is -0.481 e. The maximum absolute atomic E-state index is 6.24. The van der Waals surface area contributed by atoms with Crippen LogP contribution in [-0.4, -0.2) is 17.1 Å². The number of benzene rings is 2. The molecule has 0 atom stereocenters. The smallest absolute Gasteiger partial charge is 0.212 e. The van der Waals surface area contributed by atoms with Crippen LogP contribution in [0.15, 0.2) is 66.9 Å². The van der Waals surface area contributed by atoms with Crippen molar-refractivity contribution in [2.45, 2.75) is 5.75 Å². The van der Waals surface area contributed by atoms with Crippen molar-refractivity contribution in [2.24, 2.45) is 5.14 Å². The number of nitrogen functional groups attached to an aromatic ring is 1. The monoisotopic (exact) mass is 388 g/mol. The molecule has 28 heavy (non-hydrogen) atoms. The molecule has 4 N–H and O–H groups in total. The summed E-state index contributed by atoms with van der Waals surface area (Å²) in [6.07, 6.45) is 1.81. The molecule has 5 nitrogen and oxygen atoms in total. The lowest BCUT2D eigenvalue weighted by atomic mass is 10.0. The first-order valence-electron chi connectivity index (χ1n) is 8.79. The first-order chi connectivity index (χ1) is 13.7. The standard InChI is InChI=1S/C22H20N4OS/c1-27-21-9-7-17(12-25-21)16-6-8-20-18(10-16)11-19(22(23)26-20)15-4-2-14(3-5-15)13-28-24/h2-12H,13,24H2,1H3,(H2,23,26). The first-order valence-corrected chi connectivity index (χ1v) is 9.84. The molecule has 6 heteroatoms. The van der Waals surface area contributed by atoms with Gasteiger partial charge in [-0.1, -0.05) is 42.3 Å². The Kier molecular flexibility index (Phi) is 5.14. The average Bonchev–Trinajstić information content (AvgIpc) is 2.74. The third-order valence-corrected chi connectivity index (χ3v) is 5.14. The molecule has 140 valence electrons. The number of ether oxygens (including phenoxy) is 1. The topological polar surface area (TPSA) is 87.0 Å². The molecule has 0 saturated heterocycles. The normalized spacial score (nSPS) is 10.9. The van der Waals surface area contributed by atoms with Crippen molar-refractivity contribution in [2.75, 3.05) is 12.8 Å². The Hall–Kier alpha value is -3.09. The zero-order valence-electron chi connectivity index (χ0n) is 15.4. The van der Waals surface area contributed by atoms with Crippen LogP contribution in [0.5, 0.6) is 5.88 Å². The number of methoxy groups -OCH3 is 1. The lowest BCUT2D eigenvalue weighted by molar-refractivity contribution is 0.398. The number of nitrogens with two attached hydrogens (primary N) is 2. The van der Waals surface area contributed by atoms with Gasteiger partial charge in [-0.2, -0.15) is 0 Å². The fraction of sp³-hybridized carbons (Fsp3) is 0.0909. The zero-order valence-corrected chi connectivity index (χ0v) is 16.2. The molecule has 4 rings (SSSR count). The van der Waals surface area contributed by atoms with Crippen LogP contribution in [-0.2, 0) is 5.75 Å². The van der Waals surface area contributed by atoms with E-state index in [1.165, 1.54) is 17.5 Å². The van der Waals surface area contributed by atoms with Gasteiger partial charge < -0.3 is 10.5 Å². The van der Waals surface area contributed by atoms with E-state index in [0.29, 0.717) is 11.7 Å². The number of fused-ring (bicyclic) bond motifs is 1. The van der Waals surface area contributed by atoms with E-state index in [2.05, 4.69) is 46.4 Å². The second-order valence-corrected chi connectivity index (χ2v) is 7.05. The summed E-state index contributed by atoms with van der Waals surface area (Å²) in [5, 5.41) is 6.58. The molecular weight excluding hydrogens is 368 g/mol. The maximum Gasteiger partial charge on any atom is 0.212 e. The summed E-state index contributed by atoms with van der Waals surface area (Å²) in [5.41, 5.74) is 12.3. The van der Waals surface area contributed by atoms with Gasteiger partial charge in [-0.05, 0) is 41.0 Å². The highest BCUT2D eigenvalue weighted by atomic mass is 32.2. The molecular formula is C22H20N4OS. The van der Waals surface area contributed by atoms with Crippen LogP contribution in [0, 0.1) is 0 Å². The molecule has 0 radical (unpaired) electrons. The quantitative estimate of drug-likeness (QED) is 0.484. The summed E-state index contributed by atoms with van der Waals surface area (Å²) in [5.74, 6) is 1.90. The number of aromatic nitrogens is 2. The van der Waals surface area contributed by atoms with E-state index >= 15 is 0 Å². The Morgan fingerprint density at radius 3 is 2.36 bits per heavy atom. The van der Waals surface area contributed by atoms with Crippen LogP contribution in [0.4, 0.5) is 5.82 Å². The van der Waals surface area contributed by atoms with Crippen LogP contribution in [0.25, 0.3) is 33.2 Å². The number of pyridine rings is 2. The molecule has 0 bridgehead atoms. The van der Waals surface area contributed by atoms with Gasteiger partial charge in [-0.3, -0.25) is 5.14 Å². The van der Waals surface area contributed by atoms with Gasteiger partial charge >= 0.3 is 0 Å². The first kappa shape index (κ1) is 18.3. The molecule has 0 amide bonds. The Labute approximate surface area is 167 Å². The lowest BCUT2D eigenvalue weighted by Gasteiger charge is -2.10. The van der Waals surface area contributed by atoms with E-state index in [9.17, 15) is 0 Å². The molecule has 2 heterocycles. The zero-order chi connectivity index (χ0) is 19.5. The Morgan fingerprint density at radius 1 is 0.929 bits per heavy atom. The highest BCUT2D eigenvalue weighted by Crippen LogP contribution is 2.31. The molecule has 0 unspecified atom stereocenters. The van der Waals surface area contributed by atoms with Crippen molar-refractivity contribution in [1.29, 1.82) is 0 Å². The van der Waals surface area contributed by atoms with Crippen LogP contribution in [0.2, 0.25) is 0 Å². The fourth-order valence-corrected chi connectivity index (χ4v) is 3.54. The molecule has 0 aliphatic heterocycles. The Morgan fingerprint density at radius 2 is 1.68 bits per heavy atom. The van der Waals surface area contributed by atoms with E-state index in [1.54, 1.807) is 13.3 Å². The predicted molar refractivity (Wildman–Crippen MR) is 117 cm³/mol. The maximum atomic E-state index is 6.24. The largest absolute Gasteiger partial charge is 0.481 e. The van der Waals surface area contributed by atoms with E-state index in [4.69, 9.17) is 15.6 Å². The Balaban J connectivity index is 1.74. The third-order valence-electron chi connectivity index (χ3n) is 4.64. The average molecular weight is 388 g/mol. The lowest BCUT2D eigenvalue weighted by Crippen LogP contribution is -1.96. The second-order valence-electron chi connectivity index (χ2n) is 6.43. The second kappa shape index (κ2) is 7.88. The molecule has 0 aliphatic carbocycles. The van der Waals surface area contributed by atoms with Crippen molar-refractivity contribution in [3.63, 3.8) is 0 Å². The van der Waals surface area contributed by atoms with Crippen molar-refractivity contribution < 1.29 is 4.74 Å². The summed E-state index contributed by atoms with van der Waals surface area (Å²) < 4.78 is 5.13. The molecule has 0 aliphatic rings. The predicted octanol–water partition coefficient (Wildman–Crippen LogP) is 4.66. The molecule has 0 saturated carbocycles. The van der Waals surface area contributed by atoms with Crippen LogP contribution < -0.4 is 15.6 Å². The van der Waals surface area contributed by atoms with Gasteiger partial charge in [0.05, 0.1) is 12.6 Å². The van der Waals surface area contributed by atoms with Crippen LogP contribution in [0.3, 0.4) is 0 Å². The van der Waals surface area contributed by atoms with Gasteiger partial charge in [0.15, 0.2) is 0 Å². The van der Waals surface area contributed by atoms with Gasteiger partial charge in [0.25, 0.3) is 0 Å². The van der Waals surface area contributed by atoms with Crippen molar-refractivity contribution in [1.82, 2.24) is 9.97 Å². The molecule has 4 aromatic rings. The highest BCUT2D eigenvalue weighted by molar-refractivity contribution is 7.96. The van der Waals surface area contributed by atoms with Crippen molar-refractivity contribution in [3.05, 3.63) is 72.4 Å². The molecule has 0 fully saturated rings. The summed E-state index contributed by atoms with van der Waals surface area (Å²) in [6, 6.07) is 20.3. The van der Waals surface area contributed by atoms with Crippen molar-refractivity contribution >= 4 is 28.7 Å². The van der Waals surface area contributed by atoms with Gasteiger partial charge in [0.2, 0.25) is 5.88 Å². The summed E-state index contributed by atoms with van der Waals surface area (Å²) in [4.78, 5) is 8.88. The SMILES string of the molecule is COc1ccc(-c2ccc3nc(N)c(-c4ccc(CSN)cc4)cc3c2)cn1. The van der Waals surface area contributed by atoms with E-state index in [-0.39, 0.29) is 0 Å². The number of nitrogens with zero attached hydrogens (tertiary/aromatic N) is 2. The van der Waals surface area contributed by atoms with E-state index < -0.39 is 0 Å². The number of anilines is 1. The molecule has 2 aromatic heterocycles. The van der Waals surface area contributed by atoms with Gasteiger partial charge in [-0.25, -0.2) is 9.97 Å². The summed E-state index contributed by atoms with van der Waals surface area (Å²) in [7, 11) is 1.61. The van der Waals surface area contributed by atoms with Gasteiger partial charge in [-0.15, -0.1) is 0 Å². The van der Waals surface area contributed by atoms with E-state index in [0.717, 1.165) is 38.9 Å². The van der Waals surface area contributed by atoms with Crippen LogP contribution in [0.1, 0.15) is 5.56 Å². The minimum absolute atomic E-state index is 0.521. The van der Waals surface area contributed by atoms with E-state index in [1.807, 2.05) is 24.3 Å². The fourth-order valence-electron chi connectivity index (χ4n) is 3.15. The number of hydrogen-bond donors (Lipinski definition) is 2. The van der Waals surface area contributed by atoms with Crippen LogP contribution >= 0.6 is 11.9 Å². The van der Waals surface area contributed by atoms with Gasteiger partial charge in [0, 0.05) is 34.5 Å².